The molecule has 0 bridgehead atoms. The lowest BCUT2D eigenvalue weighted by Crippen LogP contribution is -2.49. The van der Waals surface area contributed by atoms with E-state index in [4.69, 9.17) is 16.6 Å². The molecule has 0 spiro atoms. The van der Waals surface area contributed by atoms with E-state index in [9.17, 15) is 9.59 Å². The Morgan fingerprint density at radius 2 is 1.61 bits per heavy atom. The first-order valence-electron chi connectivity index (χ1n) is 10.1. The Balaban J connectivity index is 1.81. The second-order valence-corrected chi connectivity index (χ2v) is 7.98. The molecule has 1 N–H and O–H groups in total. The number of hydrogen-bond donors (Lipinski definition) is 1. The largest absolute Gasteiger partial charge is 0.322 e. The SMILES string of the molecule is CC(C)N1C(=O)[C@H](NC(=O)c2ccc(Cl)cc2)N=C(c2ccccc2)c2ccccc21. The molecule has 2 amide bonds. The minimum Gasteiger partial charge on any atom is -0.322 e. The maximum atomic E-state index is 13.5. The molecule has 4 rings (SSSR count). The monoisotopic (exact) mass is 431 g/mol. The number of rotatable bonds is 4. The van der Waals surface area contributed by atoms with Gasteiger partial charge in [0.25, 0.3) is 11.8 Å². The fourth-order valence-electron chi connectivity index (χ4n) is 3.65. The summed E-state index contributed by atoms with van der Waals surface area (Å²) in [7, 11) is 0. The number of para-hydroxylation sites is 1. The third-order valence-corrected chi connectivity index (χ3v) is 5.34. The molecule has 1 atom stereocenters. The summed E-state index contributed by atoms with van der Waals surface area (Å²) >= 11 is 5.93. The summed E-state index contributed by atoms with van der Waals surface area (Å²) in [4.78, 5) is 32.9. The zero-order valence-corrected chi connectivity index (χ0v) is 18.0. The second-order valence-electron chi connectivity index (χ2n) is 7.55. The van der Waals surface area contributed by atoms with E-state index in [-0.39, 0.29) is 17.9 Å². The highest BCUT2D eigenvalue weighted by molar-refractivity contribution is 6.30. The van der Waals surface area contributed by atoms with Crippen LogP contribution in [0.2, 0.25) is 5.02 Å². The van der Waals surface area contributed by atoms with Gasteiger partial charge in [0.2, 0.25) is 6.17 Å². The third kappa shape index (κ3) is 4.23. The molecule has 0 unspecified atom stereocenters. The van der Waals surface area contributed by atoms with Gasteiger partial charge in [-0.2, -0.15) is 0 Å². The molecule has 0 radical (unpaired) electrons. The van der Waals surface area contributed by atoms with E-state index < -0.39 is 6.17 Å². The van der Waals surface area contributed by atoms with Gasteiger partial charge in [0.15, 0.2) is 0 Å². The molecule has 0 aliphatic carbocycles. The third-order valence-electron chi connectivity index (χ3n) is 5.09. The highest BCUT2D eigenvalue weighted by Gasteiger charge is 2.34. The molecular weight excluding hydrogens is 410 g/mol. The van der Waals surface area contributed by atoms with Gasteiger partial charge in [-0.15, -0.1) is 0 Å². The van der Waals surface area contributed by atoms with Crippen LogP contribution in [0.4, 0.5) is 5.69 Å². The van der Waals surface area contributed by atoms with Crippen LogP contribution in [0.15, 0.2) is 83.9 Å². The predicted octanol–water partition coefficient (Wildman–Crippen LogP) is 4.69. The number of benzodiazepines with no additional fused rings is 1. The Bertz CT molecular complexity index is 1140. The zero-order chi connectivity index (χ0) is 22.0. The quantitative estimate of drug-likeness (QED) is 0.651. The van der Waals surface area contributed by atoms with Crippen LogP contribution in [0.3, 0.4) is 0 Å². The lowest BCUT2D eigenvalue weighted by molar-refractivity contribution is -0.120. The maximum Gasteiger partial charge on any atom is 0.272 e. The van der Waals surface area contributed by atoms with E-state index in [1.807, 2.05) is 68.4 Å². The Morgan fingerprint density at radius 1 is 0.968 bits per heavy atom. The van der Waals surface area contributed by atoms with Crippen LogP contribution in [0, 0.1) is 0 Å². The molecule has 3 aromatic carbocycles. The lowest BCUT2D eigenvalue weighted by atomic mass is 10.00. The van der Waals surface area contributed by atoms with Crippen molar-refractivity contribution in [2.75, 3.05) is 4.90 Å². The number of benzene rings is 3. The molecule has 6 heteroatoms. The topological polar surface area (TPSA) is 61.8 Å². The van der Waals surface area contributed by atoms with Gasteiger partial charge in [-0.25, -0.2) is 4.99 Å². The van der Waals surface area contributed by atoms with Crippen LogP contribution in [0.1, 0.15) is 35.3 Å². The van der Waals surface area contributed by atoms with Gasteiger partial charge in [-0.3, -0.25) is 9.59 Å². The molecule has 1 aliphatic rings. The molecular formula is C25H22ClN3O2. The molecule has 5 nitrogen and oxygen atoms in total. The summed E-state index contributed by atoms with van der Waals surface area (Å²) in [5.41, 5.74) is 3.56. The Morgan fingerprint density at radius 3 is 2.29 bits per heavy atom. The number of fused-ring (bicyclic) bond motifs is 1. The zero-order valence-electron chi connectivity index (χ0n) is 17.2. The first-order chi connectivity index (χ1) is 15.0. The van der Waals surface area contributed by atoms with Crippen molar-refractivity contribution in [1.82, 2.24) is 5.32 Å². The average molecular weight is 432 g/mol. The lowest BCUT2D eigenvalue weighted by Gasteiger charge is -2.29. The smallest absolute Gasteiger partial charge is 0.272 e. The molecule has 0 saturated carbocycles. The average Bonchev–Trinajstić information content (AvgIpc) is 2.89. The first-order valence-corrected chi connectivity index (χ1v) is 10.5. The Kier molecular flexibility index (Phi) is 5.87. The number of carbonyl (C=O) groups is 2. The van der Waals surface area contributed by atoms with Crippen molar-refractivity contribution in [1.29, 1.82) is 0 Å². The Hall–Kier alpha value is -3.44. The molecule has 0 aromatic heterocycles. The van der Waals surface area contributed by atoms with Crippen LogP contribution >= 0.6 is 11.6 Å². The molecule has 156 valence electrons. The summed E-state index contributed by atoms with van der Waals surface area (Å²) in [5.74, 6) is -0.670. The van der Waals surface area contributed by atoms with Crippen molar-refractivity contribution in [3.05, 3.63) is 101 Å². The van der Waals surface area contributed by atoms with Crippen LogP contribution in [-0.2, 0) is 4.79 Å². The van der Waals surface area contributed by atoms with E-state index in [1.54, 1.807) is 29.2 Å². The predicted molar refractivity (Wildman–Crippen MR) is 124 cm³/mol. The van der Waals surface area contributed by atoms with Crippen LogP contribution < -0.4 is 10.2 Å². The van der Waals surface area contributed by atoms with E-state index in [0.29, 0.717) is 16.3 Å². The van der Waals surface area contributed by atoms with Gasteiger partial charge in [0.1, 0.15) is 0 Å². The standard InChI is InChI=1S/C25H22ClN3O2/c1-16(2)29-21-11-7-6-10-20(21)22(17-8-4-3-5-9-17)27-23(25(29)31)28-24(30)18-12-14-19(26)15-13-18/h3-16,23H,1-2H3,(H,28,30)/t23-/m0/s1. The van der Waals surface area contributed by atoms with E-state index in [0.717, 1.165) is 16.8 Å². The van der Waals surface area contributed by atoms with Crippen LogP contribution in [0.5, 0.6) is 0 Å². The van der Waals surface area contributed by atoms with Gasteiger partial charge >= 0.3 is 0 Å². The molecule has 3 aromatic rings. The van der Waals surface area contributed by atoms with Crippen molar-refractivity contribution in [3.8, 4) is 0 Å². The van der Waals surface area contributed by atoms with Crippen LogP contribution in [-0.4, -0.2) is 29.7 Å². The molecule has 0 fully saturated rings. The van der Waals surface area contributed by atoms with E-state index in [1.165, 1.54) is 0 Å². The van der Waals surface area contributed by atoms with Crippen molar-refractivity contribution < 1.29 is 9.59 Å². The molecule has 1 aliphatic heterocycles. The summed E-state index contributed by atoms with van der Waals surface area (Å²) in [6.45, 7) is 3.89. The van der Waals surface area contributed by atoms with E-state index in [2.05, 4.69) is 5.32 Å². The Labute approximate surface area is 186 Å². The second kappa shape index (κ2) is 8.74. The minimum atomic E-state index is -1.06. The van der Waals surface area contributed by atoms with Gasteiger partial charge in [-0.1, -0.05) is 60.1 Å². The first kappa shape index (κ1) is 20.8. The van der Waals surface area contributed by atoms with Gasteiger partial charge in [-0.05, 0) is 44.2 Å². The van der Waals surface area contributed by atoms with Gasteiger partial charge in [0, 0.05) is 27.8 Å². The fraction of sp³-hybridized carbons (Fsp3) is 0.160. The number of carbonyl (C=O) groups excluding carboxylic acids is 2. The van der Waals surface area contributed by atoms with Crippen molar-refractivity contribution in [2.45, 2.75) is 26.1 Å². The summed E-state index contributed by atoms with van der Waals surface area (Å²) in [5, 5.41) is 3.34. The normalized spacial score (nSPS) is 15.9. The van der Waals surface area contributed by atoms with Crippen LogP contribution in [0.25, 0.3) is 0 Å². The maximum absolute atomic E-state index is 13.5. The van der Waals surface area contributed by atoms with Crippen molar-refractivity contribution >= 4 is 34.8 Å². The van der Waals surface area contributed by atoms with Gasteiger partial charge < -0.3 is 10.2 Å². The number of anilines is 1. The minimum absolute atomic E-state index is 0.117. The number of aliphatic imine (C=N–C) groups is 1. The van der Waals surface area contributed by atoms with Gasteiger partial charge in [0.05, 0.1) is 11.4 Å². The number of hydrogen-bond acceptors (Lipinski definition) is 3. The number of nitrogens with one attached hydrogen (secondary N) is 1. The highest BCUT2D eigenvalue weighted by atomic mass is 35.5. The summed E-state index contributed by atoms with van der Waals surface area (Å²) < 4.78 is 0. The van der Waals surface area contributed by atoms with Crippen molar-refractivity contribution in [2.24, 2.45) is 4.99 Å². The molecule has 0 saturated heterocycles. The number of nitrogens with zero attached hydrogens (tertiary/aromatic N) is 2. The molecule has 31 heavy (non-hydrogen) atoms. The summed E-state index contributed by atoms with van der Waals surface area (Å²) in [6.07, 6.45) is -1.06. The highest BCUT2D eigenvalue weighted by Crippen LogP contribution is 2.29. The summed E-state index contributed by atoms with van der Waals surface area (Å²) in [6, 6.07) is 23.8. The van der Waals surface area contributed by atoms with Crippen molar-refractivity contribution in [3.63, 3.8) is 0 Å². The number of amides is 2. The fourth-order valence-corrected chi connectivity index (χ4v) is 3.78. The molecule has 1 heterocycles. The van der Waals surface area contributed by atoms with E-state index >= 15 is 0 Å². The number of halogens is 1.